The fraction of sp³-hybridized carbons (Fsp3) is 0.692. The van der Waals surface area contributed by atoms with Gasteiger partial charge in [-0.3, -0.25) is 4.79 Å². The summed E-state index contributed by atoms with van der Waals surface area (Å²) in [7, 11) is 0. The number of unbranched alkanes of at least 4 members (excludes halogenated alkanes) is 2. The van der Waals surface area contributed by atoms with Gasteiger partial charge in [0.05, 0.1) is 17.6 Å². The molecule has 0 amide bonds. The number of rotatable bonds is 9. The Labute approximate surface area is 186 Å². The molecule has 0 N–H and O–H groups in total. The van der Waals surface area contributed by atoms with Gasteiger partial charge in [0.2, 0.25) is 0 Å². The van der Waals surface area contributed by atoms with Crippen LogP contribution in [-0.2, 0) is 9.53 Å². The molecular weight excluding hydrogens is 393 g/mol. The largest absolute Gasteiger partial charge is 0.426 e. The summed E-state index contributed by atoms with van der Waals surface area (Å²) in [5, 5.41) is 8.79. The van der Waals surface area contributed by atoms with Gasteiger partial charge < -0.3 is 9.47 Å². The van der Waals surface area contributed by atoms with E-state index in [9.17, 15) is 9.18 Å². The number of ether oxygens (including phenoxy) is 2. The van der Waals surface area contributed by atoms with Gasteiger partial charge in [-0.15, -0.1) is 0 Å². The molecule has 1 aromatic rings. The van der Waals surface area contributed by atoms with Crippen molar-refractivity contribution in [1.82, 2.24) is 0 Å². The lowest BCUT2D eigenvalue weighted by molar-refractivity contribution is -0.141. The Bertz CT molecular complexity index is 744. The number of halogens is 1. The van der Waals surface area contributed by atoms with E-state index in [0.29, 0.717) is 5.92 Å². The average Bonchev–Trinajstić information content (AvgIpc) is 2.79. The van der Waals surface area contributed by atoms with E-state index in [2.05, 4.69) is 6.92 Å². The van der Waals surface area contributed by atoms with E-state index in [0.717, 1.165) is 44.3 Å². The molecule has 0 unspecified atom stereocenters. The number of carbonyl (C=O) groups is 1. The molecule has 0 saturated heterocycles. The van der Waals surface area contributed by atoms with Crippen molar-refractivity contribution in [3.05, 3.63) is 29.6 Å². The topological polar surface area (TPSA) is 59.3 Å². The monoisotopic (exact) mass is 429 g/mol. The Morgan fingerprint density at radius 3 is 2.42 bits per heavy atom. The quantitative estimate of drug-likeness (QED) is 0.253. The van der Waals surface area contributed by atoms with Crippen molar-refractivity contribution in [1.29, 1.82) is 5.26 Å². The molecule has 1 aromatic carbocycles. The SMILES string of the molecule is CCCCCC1CCC(COC2CCC(C(=O)Oc3ccc(C#N)c(F)c3)CC2)CC1. The van der Waals surface area contributed by atoms with Crippen molar-refractivity contribution in [2.75, 3.05) is 6.61 Å². The summed E-state index contributed by atoms with van der Waals surface area (Å²) in [6, 6.07) is 5.66. The van der Waals surface area contributed by atoms with Crippen LogP contribution in [0.5, 0.6) is 5.75 Å². The second-order valence-electron chi connectivity index (χ2n) is 9.36. The second kappa shape index (κ2) is 12.2. The van der Waals surface area contributed by atoms with E-state index >= 15 is 0 Å². The molecule has 0 bridgehead atoms. The smallest absolute Gasteiger partial charge is 0.314 e. The summed E-state index contributed by atoms with van der Waals surface area (Å²) >= 11 is 0. The van der Waals surface area contributed by atoms with Crippen LogP contribution >= 0.6 is 0 Å². The molecular formula is C26H36FNO3. The lowest BCUT2D eigenvalue weighted by Gasteiger charge is -2.31. The van der Waals surface area contributed by atoms with Crippen molar-refractivity contribution in [3.63, 3.8) is 0 Å². The van der Waals surface area contributed by atoms with Gasteiger partial charge in [-0.25, -0.2) is 4.39 Å². The van der Waals surface area contributed by atoms with Crippen LogP contribution in [0.4, 0.5) is 4.39 Å². The molecule has 0 aliphatic heterocycles. The van der Waals surface area contributed by atoms with Crippen LogP contribution in [0.3, 0.4) is 0 Å². The fourth-order valence-electron chi connectivity index (χ4n) is 4.96. The molecule has 2 fully saturated rings. The third kappa shape index (κ3) is 7.31. The minimum absolute atomic E-state index is 0.0533. The van der Waals surface area contributed by atoms with Gasteiger partial charge in [0.1, 0.15) is 17.6 Å². The summed E-state index contributed by atoms with van der Waals surface area (Å²) in [4.78, 5) is 12.4. The lowest BCUT2D eigenvalue weighted by atomic mass is 9.80. The Kier molecular flexibility index (Phi) is 9.33. The predicted molar refractivity (Wildman–Crippen MR) is 118 cm³/mol. The van der Waals surface area contributed by atoms with Crippen molar-refractivity contribution >= 4 is 5.97 Å². The van der Waals surface area contributed by atoms with E-state index in [-0.39, 0.29) is 29.3 Å². The average molecular weight is 430 g/mol. The minimum Gasteiger partial charge on any atom is -0.426 e. The number of benzene rings is 1. The molecule has 4 nitrogen and oxygen atoms in total. The van der Waals surface area contributed by atoms with E-state index in [1.54, 1.807) is 6.07 Å². The molecule has 31 heavy (non-hydrogen) atoms. The van der Waals surface area contributed by atoms with Crippen LogP contribution < -0.4 is 4.74 Å². The Morgan fingerprint density at radius 2 is 1.77 bits per heavy atom. The number of nitriles is 1. The maximum atomic E-state index is 13.7. The number of nitrogens with zero attached hydrogens (tertiary/aromatic N) is 1. The third-order valence-corrected chi connectivity index (χ3v) is 7.04. The molecule has 170 valence electrons. The van der Waals surface area contributed by atoms with E-state index in [1.807, 2.05) is 0 Å². The first-order chi connectivity index (χ1) is 15.1. The van der Waals surface area contributed by atoms with Crippen molar-refractivity contribution in [2.45, 2.75) is 90.1 Å². The van der Waals surface area contributed by atoms with E-state index in [4.69, 9.17) is 14.7 Å². The molecule has 0 aromatic heterocycles. The second-order valence-corrected chi connectivity index (χ2v) is 9.36. The van der Waals surface area contributed by atoms with Gasteiger partial charge >= 0.3 is 5.97 Å². The summed E-state index contributed by atoms with van der Waals surface area (Å²) in [6.45, 7) is 3.12. The maximum absolute atomic E-state index is 13.7. The maximum Gasteiger partial charge on any atom is 0.314 e. The summed E-state index contributed by atoms with van der Waals surface area (Å²) in [5.41, 5.74) is -0.0533. The number of esters is 1. The van der Waals surface area contributed by atoms with Crippen LogP contribution in [0.15, 0.2) is 18.2 Å². The highest BCUT2D eigenvalue weighted by Gasteiger charge is 2.29. The van der Waals surface area contributed by atoms with Crippen molar-refractivity contribution in [3.8, 4) is 11.8 Å². The van der Waals surface area contributed by atoms with Crippen LogP contribution in [0, 0.1) is 34.9 Å². The van der Waals surface area contributed by atoms with E-state index in [1.165, 1.54) is 63.5 Å². The number of hydrogen-bond acceptors (Lipinski definition) is 4. The first kappa shape index (κ1) is 23.7. The summed E-state index contributed by atoms with van der Waals surface area (Å²) in [5.74, 6) is 0.622. The van der Waals surface area contributed by atoms with Crippen LogP contribution in [0.25, 0.3) is 0 Å². The zero-order valence-corrected chi connectivity index (χ0v) is 18.8. The van der Waals surface area contributed by atoms with Gasteiger partial charge in [0.15, 0.2) is 0 Å². The van der Waals surface area contributed by atoms with Crippen LogP contribution in [0.1, 0.15) is 89.5 Å². The zero-order chi connectivity index (χ0) is 22.1. The number of hydrogen-bond donors (Lipinski definition) is 0. The van der Waals surface area contributed by atoms with Crippen molar-refractivity contribution < 1.29 is 18.7 Å². The Balaban J connectivity index is 1.32. The molecule has 3 rings (SSSR count). The Morgan fingerprint density at radius 1 is 1.06 bits per heavy atom. The molecule has 5 heteroatoms. The minimum atomic E-state index is -0.667. The van der Waals surface area contributed by atoms with Crippen LogP contribution in [0.2, 0.25) is 0 Å². The summed E-state index contributed by atoms with van der Waals surface area (Å²) < 4.78 is 25.2. The molecule has 0 atom stereocenters. The molecule has 0 spiro atoms. The summed E-state index contributed by atoms with van der Waals surface area (Å²) in [6.07, 6.45) is 14.2. The highest BCUT2D eigenvalue weighted by atomic mass is 19.1. The van der Waals surface area contributed by atoms with Crippen LogP contribution in [-0.4, -0.2) is 18.7 Å². The highest BCUT2D eigenvalue weighted by molar-refractivity contribution is 5.75. The van der Waals surface area contributed by atoms with Gasteiger partial charge in [-0.2, -0.15) is 5.26 Å². The zero-order valence-electron chi connectivity index (χ0n) is 18.8. The highest BCUT2D eigenvalue weighted by Crippen LogP contribution is 2.34. The van der Waals surface area contributed by atoms with Gasteiger partial charge in [0.25, 0.3) is 0 Å². The van der Waals surface area contributed by atoms with Crippen molar-refractivity contribution in [2.24, 2.45) is 17.8 Å². The normalized spacial score (nSPS) is 26.2. The first-order valence-electron chi connectivity index (χ1n) is 12.1. The molecule has 2 aliphatic carbocycles. The predicted octanol–water partition coefficient (Wildman–Crippen LogP) is 6.56. The molecule has 2 aliphatic rings. The Hall–Kier alpha value is -1.93. The lowest BCUT2D eigenvalue weighted by Crippen LogP contribution is -2.30. The van der Waals surface area contributed by atoms with Gasteiger partial charge in [0, 0.05) is 12.7 Å². The number of carbonyl (C=O) groups excluding carboxylic acids is 1. The fourth-order valence-corrected chi connectivity index (χ4v) is 4.96. The molecule has 0 heterocycles. The standard InChI is InChI=1S/C26H36FNO3/c1-2-3-4-5-19-6-8-20(9-7-19)18-30-23-13-10-21(11-14-23)26(29)31-24-15-12-22(17-28)25(27)16-24/h12,15-16,19-21,23H,2-11,13-14,18H2,1H3. The van der Waals surface area contributed by atoms with E-state index < -0.39 is 5.82 Å². The third-order valence-electron chi connectivity index (χ3n) is 7.04. The molecule has 0 radical (unpaired) electrons. The van der Waals surface area contributed by atoms with Gasteiger partial charge in [-0.05, 0) is 62.5 Å². The first-order valence-corrected chi connectivity index (χ1v) is 12.1. The van der Waals surface area contributed by atoms with Gasteiger partial charge in [-0.1, -0.05) is 45.4 Å². The molecule has 2 saturated carbocycles.